The summed E-state index contributed by atoms with van der Waals surface area (Å²) in [6, 6.07) is 1.74. The van der Waals surface area contributed by atoms with E-state index in [1.807, 2.05) is 6.92 Å². The highest BCUT2D eigenvalue weighted by molar-refractivity contribution is 7.99. The second kappa shape index (κ2) is 6.46. The summed E-state index contributed by atoms with van der Waals surface area (Å²) in [7, 11) is 0. The summed E-state index contributed by atoms with van der Waals surface area (Å²) in [4.78, 5) is 4.39. The molecule has 5 heteroatoms. The number of nitrogens with zero attached hydrogens (tertiary/aromatic N) is 1. The van der Waals surface area contributed by atoms with Gasteiger partial charge in [-0.2, -0.15) is 0 Å². The number of aromatic nitrogens is 1. The lowest BCUT2D eigenvalue weighted by molar-refractivity contribution is 1.07. The van der Waals surface area contributed by atoms with Crippen molar-refractivity contribution in [3.63, 3.8) is 0 Å². The van der Waals surface area contributed by atoms with Gasteiger partial charge in [-0.15, -0.1) is 11.8 Å². The van der Waals surface area contributed by atoms with Gasteiger partial charge in [-0.05, 0) is 25.2 Å². The number of pyridine rings is 1. The molecule has 0 aliphatic heterocycles. The van der Waals surface area contributed by atoms with E-state index in [9.17, 15) is 0 Å². The molecule has 1 heterocycles. The Labute approximate surface area is 105 Å². The van der Waals surface area contributed by atoms with Crippen molar-refractivity contribution in [1.29, 1.82) is 0 Å². The van der Waals surface area contributed by atoms with Gasteiger partial charge in [0.25, 0.3) is 0 Å². The number of hydrogen-bond donors (Lipinski definition) is 1. The maximum Gasteiger partial charge on any atom is 0.146 e. The minimum absolute atomic E-state index is 0.572. The number of anilines is 1. The van der Waals surface area contributed by atoms with Gasteiger partial charge in [0.2, 0.25) is 0 Å². The summed E-state index contributed by atoms with van der Waals surface area (Å²) in [6.07, 6.45) is 1.10. The van der Waals surface area contributed by atoms with Crippen molar-refractivity contribution in [2.24, 2.45) is 0 Å². The van der Waals surface area contributed by atoms with Crippen LogP contribution >= 0.6 is 35.0 Å². The highest BCUT2D eigenvalue weighted by Gasteiger charge is 2.08. The topological polar surface area (TPSA) is 24.9 Å². The van der Waals surface area contributed by atoms with Gasteiger partial charge < -0.3 is 5.32 Å². The lowest BCUT2D eigenvalue weighted by atomic mass is 10.4. The van der Waals surface area contributed by atoms with Gasteiger partial charge in [0, 0.05) is 6.54 Å². The van der Waals surface area contributed by atoms with Crippen LogP contribution in [0.3, 0.4) is 0 Å². The number of rotatable bonds is 5. The molecule has 1 aromatic heterocycles. The molecule has 1 N–H and O–H groups in total. The summed E-state index contributed by atoms with van der Waals surface area (Å²) >= 11 is 13.7. The van der Waals surface area contributed by atoms with Gasteiger partial charge in [-0.1, -0.05) is 30.1 Å². The maximum atomic E-state index is 6.04. The minimum Gasteiger partial charge on any atom is -0.369 e. The highest BCUT2D eigenvalue weighted by Crippen LogP contribution is 2.31. The van der Waals surface area contributed by atoms with Crippen LogP contribution in [0.1, 0.15) is 20.3 Å². The molecular weight excluding hydrogens is 251 g/mol. The van der Waals surface area contributed by atoms with E-state index in [2.05, 4.69) is 17.2 Å². The fraction of sp³-hybridized carbons (Fsp3) is 0.500. The Hall–Kier alpha value is -0.120. The lowest BCUT2D eigenvalue weighted by Gasteiger charge is -2.08. The van der Waals surface area contributed by atoms with Crippen molar-refractivity contribution in [2.75, 3.05) is 17.6 Å². The van der Waals surface area contributed by atoms with E-state index >= 15 is 0 Å². The number of hydrogen-bond acceptors (Lipinski definition) is 3. The van der Waals surface area contributed by atoms with Crippen LogP contribution in [0.25, 0.3) is 0 Å². The van der Waals surface area contributed by atoms with Gasteiger partial charge in [-0.25, -0.2) is 4.98 Å². The SMILES string of the molecule is CCCSc1nc(NCC)c(Cl)cc1Cl. The lowest BCUT2D eigenvalue weighted by Crippen LogP contribution is -2.01. The van der Waals surface area contributed by atoms with Crippen molar-refractivity contribution in [2.45, 2.75) is 25.3 Å². The van der Waals surface area contributed by atoms with Gasteiger partial charge in [-0.3, -0.25) is 0 Å². The fourth-order valence-corrected chi connectivity index (χ4v) is 2.38. The summed E-state index contributed by atoms with van der Waals surface area (Å²) < 4.78 is 0. The molecule has 0 aliphatic rings. The molecule has 2 nitrogen and oxygen atoms in total. The van der Waals surface area contributed by atoms with Crippen LogP contribution in [-0.4, -0.2) is 17.3 Å². The molecule has 0 aliphatic carbocycles. The smallest absolute Gasteiger partial charge is 0.146 e. The van der Waals surface area contributed by atoms with E-state index in [1.165, 1.54) is 0 Å². The second-order valence-corrected chi connectivity index (χ2v) is 4.88. The van der Waals surface area contributed by atoms with Crippen molar-refractivity contribution in [1.82, 2.24) is 4.98 Å². The summed E-state index contributed by atoms with van der Waals surface area (Å²) in [5.74, 6) is 1.72. The average molecular weight is 265 g/mol. The first-order chi connectivity index (χ1) is 7.19. The predicted octanol–water partition coefficient (Wildman–Crippen LogP) is 4.32. The Kier molecular flexibility index (Phi) is 5.58. The molecule has 0 radical (unpaired) electrons. The summed E-state index contributed by atoms with van der Waals surface area (Å²) in [5.41, 5.74) is 0. The van der Waals surface area contributed by atoms with Gasteiger partial charge in [0.1, 0.15) is 10.8 Å². The van der Waals surface area contributed by atoms with Crippen LogP contribution in [0.15, 0.2) is 11.1 Å². The quantitative estimate of drug-likeness (QED) is 0.802. The predicted molar refractivity (Wildman–Crippen MR) is 69.4 cm³/mol. The third kappa shape index (κ3) is 3.74. The molecular formula is C10H14Cl2N2S. The van der Waals surface area contributed by atoms with E-state index in [1.54, 1.807) is 17.8 Å². The van der Waals surface area contributed by atoms with Crippen molar-refractivity contribution < 1.29 is 0 Å². The van der Waals surface area contributed by atoms with Gasteiger partial charge in [0.15, 0.2) is 0 Å². The Morgan fingerprint density at radius 3 is 2.67 bits per heavy atom. The van der Waals surface area contributed by atoms with Crippen LogP contribution in [0.5, 0.6) is 0 Å². The molecule has 15 heavy (non-hydrogen) atoms. The third-order valence-electron chi connectivity index (χ3n) is 1.68. The Morgan fingerprint density at radius 1 is 1.33 bits per heavy atom. The fourth-order valence-electron chi connectivity index (χ4n) is 1.04. The highest BCUT2D eigenvalue weighted by atomic mass is 35.5. The molecule has 0 atom stereocenters. The molecule has 1 rings (SSSR count). The van der Waals surface area contributed by atoms with E-state index in [0.717, 1.165) is 23.7 Å². The van der Waals surface area contributed by atoms with Crippen molar-refractivity contribution in [3.8, 4) is 0 Å². The molecule has 0 aromatic carbocycles. The molecule has 0 fully saturated rings. The number of thioether (sulfide) groups is 1. The Bertz CT molecular complexity index is 331. The zero-order chi connectivity index (χ0) is 11.3. The first-order valence-electron chi connectivity index (χ1n) is 4.91. The molecule has 0 saturated carbocycles. The van der Waals surface area contributed by atoms with Gasteiger partial charge >= 0.3 is 0 Å². The van der Waals surface area contributed by atoms with Crippen LogP contribution in [0, 0.1) is 0 Å². The minimum atomic E-state index is 0.572. The molecule has 0 unspecified atom stereocenters. The molecule has 0 amide bonds. The molecule has 0 saturated heterocycles. The Morgan fingerprint density at radius 2 is 2.07 bits per heavy atom. The monoisotopic (exact) mass is 264 g/mol. The molecule has 1 aromatic rings. The zero-order valence-corrected chi connectivity index (χ0v) is 11.1. The molecule has 0 bridgehead atoms. The second-order valence-electron chi connectivity index (χ2n) is 2.98. The van der Waals surface area contributed by atoms with E-state index < -0.39 is 0 Å². The van der Waals surface area contributed by atoms with Gasteiger partial charge in [0.05, 0.1) is 10.0 Å². The first kappa shape index (κ1) is 12.9. The van der Waals surface area contributed by atoms with Crippen LogP contribution in [0.2, 0.25) is 10.0 Å². The standard InChI is InChI=1S/C10H14Cl2N2S/c1-3-5-15-10-8(12)6-7(11)9(14-10)13-4-2/h6H,3-5H2,1-2H3,(H,13,14). The molecule has 0 spiro atoms. The normalized spacial score (nSPS) is 10.4. The number of halogens is 2. The summed E-state index contributed by atoms with van der Waals surface area (Å²) in [5, 5.41) is 5.15. The van der Waals surface area contributed by atoms with E-state index in [0.29, 0.717) is 15.9 Å². The Balaban J connectivity index is 2.90. The maximum absolute atomic E-state index is 6.04. The largest absolute Gasteiger partial charge is 0.369 e. The summed E-state index contributed by atoms with van der Waals surface area (Å²) in [6.45, 7) is 4.93. The van der Waals surface area contributed by atoms with E-state index in [-0.39, 0.29) is 0 Å². The van der Waals surface area contributed by atoms with Crippen LogP contribution < -0.4 is 5.32 Å². The zero-order valence-electron chi connectivity index (χ0n) is 8.81. The first-order valence-corrected chi connectivity index (χ1v) is 6.65. The van der Waals surface area contributed by atoms with E-state index in [4.69, 9.17) is 23.2 Å². The van der Waals surface area contributed by atoms with Crippen molar-refractivity contribution >= 4 is 40.8 Å². The average Bonchev–Trinajstić information content (AvgIpc) is 2.20. The third-order valence-corrected chi connectivity index (χ3v) is 3.57. The van der Waals surface area contributed by atoms with Crippen LogP contribution in [-0.2, 0) is 0 Å². The molecule has 84 valence electrons. The van der Waals surface area contributed by atoms with Crippen molar-refractivity contribution in [3.05, 3.63) is 16.1 Å². The van der Waals surface area contributed by atoms with Crippen LogP contribution in [0.4, 0.5) is 5.82 Å². The number of nitrogens with one attached hydrogen (secondary N) is 1.